The molecule has 1 heterocycles. The number of nitrogens with one attached hydrogen (secondary N) is 2. The fourth-order valence-electron chi connectivity index (χ4n) is 2.85. The van der Waals surface area contributed by atoms with Crippen LogP contribution in [0.15, 0.2) is 18.2 Å². The molecule has 0 saturated heterocycles. The van der Waals surface area contributed by atoms with Crippen LogP contribution in [0.2, 0.25) is 0 Å². The first-order chi connectivity index (χ1) is 14.3. The van der Waals surface area contributed by atoms with Gasteiger partial charge in [-0.3, -0.25) is 19.7 Å². The summed E-state index contributed by atoms with van der Waals surface area (Å²) in [6.45, 7) is 10.7. The van der Waals surface area contributed by atoms with Gasteiger partial charge < -0.3 is 10.1 Å². The maximum absolute atomic E-state index is 13.0. The van der Waals surface area contributed by atoms with Gasteiger partial charge in [-0.05, 0) is 58.7 Å². The van der Waals surface area contributed by atoms with E-state index in [2.05, 4.69) is 10.6 Å². The molecular weight excluding hydrogens is 418 g/mol. The number of hydrogen-bond donors (Lipinski definition) is 2. The average molecular weight is 448 g/mol. The van der Waals surface area contributed by atoms with Crippen LogP contribution >= 0.6 is 11.3 Å². The highest BCUT2D eigenvalue weighted by atomic mass is 32.1. The van der Waals surface area contributed by atoms with Crippen LogP contribution in [0.5, 0.6) is 0 Å². The second-order valence-corrected chi connectivity index (χ2v) is 9.17. The molecule has 0 bridgehead atoms. The summed E-state index contributed by atoms with van der Waals surface area (Å²) in [7, 11) is 2.81. The smallest absolute Gasteiger partial charge is 0.412 e. The van der Waals surface area contributed by atoms with E-state index in [-0.39, 0.29) is 16.5 Å². The summed E-state index contributed by atoms with van der Waals surface area (Å²) in [5.41, 5.74) is 2.57. The lowest BCUT2D eigenvalue weighted by Crippen LogP contribution is -2.29. The Bertz CT molecular complexity index is 1010. The maximum Gasteiger partial charge on any atom is 0.412 e. The minimum Gasteiger partial charge on any atom is -0.444 e. The summed E-state index contributed by atoms with van der Waals surface area (Å²) in [6.07, 6.45) is -0.718. The van der Waals surface area contributed by atoms with E-state index < -0.39 is 17.6 Å². The summed E-state index contributed by atoms with van der Waals surface area (Å²) in [5, 5.41) is 6.72. The number of hydrogen-bond acceptors (Lipinski definition) is 6. The molecule has 0 spiro atoms. The summed E-state index contributed by atoms with van der Waals surface area (Å²) in [4.78, 5) is 43.5. The summed E-state index contributed by atoms with van der Waals surface area (Å²) >= 11 is 1.01. The molecular formula is C22H29N3O5S. The molecule has 0 radical (unpaired) electrons. The third-order valence-electron chi connectivity index (χ3n) is 4.37. The second kappa shape index (κ2) is 9.49. The molecule has 9 heteroatoms. The molecule has 0 atom stereocenters. The molecule has 8 nitrogen and oxygen atoms in total. The van der Waals surface area contributed by atoms with Crippen LogP contribution in [0, 0.1) is 20.8 Å². The fraction of sp³-hybridized carbons (Fsp3) is 0.409. The zero-order chi connectivity index (χ0) is 23.5. The van der Waals surface area contributed by atoms with E-state index >= 15 is 0 Å². The van der Waals surface area contributed by atoms with Gasteiger partial charge in [-0.25, -0.2) is 9.86 Å². The predicted molar refractivity (Wildman–Crippen MR) is 122 cm³/mol. The Hall–Kier alpha value is -2.91. The van der Waals surface area contributed by atoms with E-state index in [9.17, 15) is 14.4 Å². The molecule has 0 fully saturated rings. The summed E-state index contributed by atoms with van der Waals surface area (Å²) in [5.74, 6) is -0.867. The molecule has 3 amide bonds. The van der Waals surface area contributed by atoms with Crippen LogP contribution in [0.1, 0.15) is 57.5 Å². The number of aryl methyl sites for hydroxylation is 2. The third kappa shape index (κ3) is 6.05. The van der Waals surface area contributed by atoms with Gasteiger partial charge in [-0.15, -0.1) is 11.3 Å². The lowest BCUT2D eigenvalue weighted by molar-refractivity contribution is -0.0756. The zero-order valence-corrected chi connectivity index (χ0v) is 19.9. The van der Waals surface area contributed by atoms with Crippen molar-refractivity contribution in [1.29, 1.82) is 0 Å². The third-order valence-corrected chi connectivity index (χ3v) is 5.58. The number of thiophene rings is 1. The van der Waals surface area contributed by atoms with Crippen LogP contribution in [-0.2, 0) is 9.57 Å². The molecule has 2 N–H and O–H groups in total. The number of nitrogens with zero attached hydrogens (tertiary/aromatic N) is 1. The van der Waals surface area contributed by atoms with Crippen molar-refractivity contribution in [3.63, 3.8) is 0 Å². The SMILES string of the molecule is CON(C)C(=O)c1c(NC(=O)OC(C)(C)C)sc(C(=O)Nc2ccc(C)cc2C)c1C. The van der Waals surface area contributed by atoms with Crippen LogP contribution in [-0.4, -0.2) is 42.7 Å². The highest BCUT2D eigenvalue weighted by Gasteiger charge is 2.29. The topological polar surface area (TPSA) is 97.0 Å². The molecule has 1 aromatic carbocycles. The Labute approximate surface area is 186 Å². The van der Waals surface area contributed by atoms with Crippen LogP contribution < -0.4 is 10.6 Å². The Kier molecular flexibility index (Phi) is 7.45. The molecule has 2 rings (SSSR count). The summed E-state index contributed by atoms with van der Waals surface area (Å²) < 4.78 is 5.30. The van der Waals surface area contributed by atoms with Crippen molar-refractivity contribution < 1.29 is 24.0 Å². The Morgan fingerprint density at radius 3 is 2.26 bits per heavy atom. The number of anilines is 2. The van der Waals surface area contributed by atoms with Gasteiger partial charge in [-0.2, -0.15) is 0 Å². The van der Waals surface area contributed by atoms with E-state index in [1.807, 2.05) is 32.0 Å². The van der Waals surface area contributed by atoms with E-state index in [1.54, 1.807) is 27.7 Å². The van der Waals surface area contributed by atoms with Gasteiger partial charge in [0, 0.05) is 12.7 Å². The Morgan fingerprint density at radius 2 is 1.71 bits per heavy atom. The minimum atomic E-state index is -0.718. The van der Waals surface area contributed by atoms with Crippen molar-refractivity contribution in [1.82, 2.24) is 5.06 Å². The van der Waals surface area contributed by atoms with E-state index in [0.717, 1.165) is 27.5 Å². The number of rotatable bonds is 5. The van der Waals surface area contributed by atoms with Gasteiger partial charge in [0.2, 0.25) is 0 Å². The van der Waals surface area contributed by atoms with Crippen molar-refractivity contribution in [2.24, 2.45) is 0 Å². The number of carbonyl (C=O) groups is 3. The predicted octanol–water partition coefficient (Wildman–Crippen LogP) is 4.91. The largest absolute Gasteiger partial charge is 0.444 e. The Morgan fingerprint density at radius 1 is 1.06 bits per heavy atom. The van der Waals surface area contributed by atoms with Crippen molar-refractivity contribution in [2.75, 3.05) is 24.8 Å². The normalized spacial score (nSPS) is 11.1. The second-order valence-electron chi connectivity index (χ2n) is 8.14. The van der Waals surface area contributed by atoms with Gasteiger partial charge in [0.15, 0.2) is 0 Å². The monoisotopic (exact) mass is 447 g/mol. The van der Waals surface area contributed by atoms with Gasteiger partial charge >= 0.3 is 6.09 Å². The molecule has 0 aliphatic carbocycles. The lowest BCUT2D eigenvalue weighted by Gasteiger charge is -2.20. The number of benzene rings is 1. The molecule has 0 saturated carbocycles. The number of carbonyl (C=O) groups excluding carboxylic acids is 3. The van der Waals surface area contributed by atoms with Crippen molar-refractivity contribution in [2.45, 2.75) is 47.1 Å². The van der Waals surface area contributed by atoms with E-state index in [4.69, 9.17) is 9.57 Å². The average Bonchev–Trinajstić information content (AvgIpc) is 2.97. The number of ether oxygens (including phenoxy) is 1. The van der Waals surface area contributed by atoms with Crippen molar-refractivity contribution in [3.8, 4) is 0 Å². The van der Waals surface area contributed by atoms with Crippen LogP contribution in [0.3, 0.4) is 0 Å². The molecule has 1 aromatic heterocycles. The molecule has 0 aliphatic heterocycles. The van der Waals surface area contributed by atoms with Crippen LogP contribution in [0.25, 0.3) is 0 Å². The van der Waals surface area contributed by atoms with Crippen molar-refractivity contribution in [3.05, 3.63) is 45.3 Å². The lowest BCUT2D eigenvalue weighted by atomic mass is 10.1. The molecule has 0 aliphatic rings. The minimum absolute atomic E-state index is 0.172. The maximum atomic E-state index is 13.0. The van der Waals surface area contributed by atoms with E-state index in [0.29, 0.717) is 16.1 Å². The highest BCUT2D eigenvalue weighted by molar-refractivity contribution is 7.18. The standard InChI is InChI=1S/C22H29N3O5S/c1-12-9-10-15(13(2)11-12)23-18(26)17-14(3)16(20(27)25(7)29-8)19(31-17)24-21(28)30-22(4,5)6/h9-11H,1-8H3,(H,23,26)(H,24,28). The zero-order valence-electron chi connectivity index (χ0n) is 19.1. The van der Waals surface area contributed by atoms with Gasteiger partial charge in [0.05, 0.1) is 17.6 Å². The van der Waals surface area contributed by atoms with Crippen molar-refractivity contribution >= 4 is 39.9 Å². The van der Waals surface area contributed by atoms with Gasteiger partial charge in [0.1, 0.15) is 10.6 Å². The van der Waals surface area contributed by atoms with Gasteiger partial charge in [-0.1, -0.05) is 17.7 Å². The fourth-order valence-corrected chi connectivity index (χ4v) is 3.93. The first kappa shape index (κ1) is 24.4. The molecule has 0 unspecified atom stereocenters. The van der Waals surface area contributed by atoms with E-state index in [1.165, 1.54) is 14.2 Å². The number of hydroxylamine groups is 2. The highest BCUT2D eigenvalue weighted by Crippen LogP contribution is 2.35. The van der Waals surface area contributed by atoms with Crippen LogP contribution in [0.4, 0.5) is 15.5 Å². The molecule has 2 aromatic rings. The quantitative estimate of drug-likeness (QED) is 0.635. The van der Waals surface area contributed by atoms with Gasteiger partial charge in [0.25, 0.3) is 11.8 Å². The first-order valence-corrected chi connectivity index (χ1v) is 10.5. The molecule has 168 valence electrons. The number of amides is 3. The molecule has 31 heavy (non-hydrogen) atoms. The Balaban J connectivity index is 2.43. The first-order valence-electron chi connectivity index (χ1n) is 9.68. The summed E-state index contributed by atoms with van der Waals surface area (Å²) in [6, 6.07) is 5.70.